The van der Waals surface area contributed by atoms with Gasteiger partial charge in [-0.15, -0.1) is 0 Å². The Kier molecular flexibility index (Phi) is 4.40. The fourth-order valence-corrected chi connectivity index (χ4v) is 5.21. The standard InChI is InChI=1S/C26H19ClFN3O/c27-17-7-5-6-15(12-17)16-13-21-24(23(32)14-16)25(18-8-1-2-9-19(18)28)31-22-11-4-3-10-20(22)29-26(31)30-21/h1-12,16,25H,13-14H2,(H,29,30)/t16-,25+/m1/s1. The van der Waals surface area contributed by atoms with Crippen molar-refractivity contribution in [1.82, 2.24) is 9.55 Å². The van der Waals surface area contributed by atoms with Crippen LogP contribution in [0.3, 0.4) is 0 Å². The third kappa shape index (κ3) is 2.96. The van der Waals surface area contributed by atoms with Crippen LogP contribution in [0.4, 0.5) is 10.3 Å². The zero-order valence-electron chi connectivity index (χ0n) is 17.1. The number of rotatable bonds is 2. The number of carbonyl (C=O) groups is 1. The van der Waals surface area contributed by atoms with Gasteiger partial charge in [0.25, 0.3) is 0 Å². The molecule has 1 aliphatic carbocycles. The third-order valence-corrected chi connectivity index (χ3v) is 6.65. The SMILES string of the molecule is O=C1C[C@H](c2cccc(Cl)c2)CC2=C1[C@H](c1ccccc1F)n1c(nc3ccccc31)N2. The molecule has 1 N–H and O–H groups in total. The lowest BCUT2D eigenvalue weighted by molar-refractivity contribution is -0.116. The summed E-state index contributed by atoms with van der Waals surface area (Å²) in [5.74, 6) is 0.308. The first-order valence-electron chi connectivity index (χ1n) is 10.6. The fraction of sp³-hybridized carbons (Fsp3) is 0.154. The van der Waals surface area contributed by atoms with Gasteiger partial charge in [-0.3, -0.25) is 9.36 Å². The Morgan fingerprint density at radius 3 is 2.66 bits per heavy atom. The van der Waals surface area contributed by atoms with Gasteiger partial charge in [-0.2, -0.15) is 0 Å². The number of hydrogen-bond acceptors (Lipinski definition) is 3. The van der Waals surface area contributed by atoms with Crippen molar-refractivity contribution < 1.29 is 9.18 Å². The number of nitrogens with zero attached hydrogens (tertiary/aromatic N) is 2. The number of para-hydroxylation sites is 2. The summed E-state index contributed by atoms with van der Waals surface area (Å²) in [5.41, 5.74) is 4.59. The Balaban J connectivity index is 1.54. The average Bonchev–Trinajstić information content (AvgIpc) is 3.16. The van der Waals surface area contributed by atoms with Crippen LogP contribution in [0.2, 0.25) is 5.02 Å². The zero-order valence-corrected chi connectivity index (χ0v) is 17.8. The molecule has 0 unspecified atom stereocenters. The van der Waals surface area contributed by atoms with E-state index in [0.717, 1.165) is 22.3 Å². The predicted octanol–water partition coefficient (Wildman–Crippen LogP) is 6.24. The maximum absolute atomic E-state index is 15.0. The second-order valence-electron chi connectivity index (χ2n) is 8.32. The minimum Gasteiger partial charge on any atom is -0.329 e. The summed E-state index contributed by atoms with van der Waals surface area (Å²) >= 11 is 6.20. The topological polar surface area (TPSA) is 46.9 Å². The maximum Gasteiger partial charge on any atom is 0.209 e. The first kappa shape index (κ1) is 19.3. The Morgan fingerprint density at radius 1 is 1.00 bits per heavy atom. The number of benzene rings is 3. The van der Waals surface area contributed by atoms with Gasteiger partial charge in [-0.25, -0.2) is 9.37 Å². The van der Waals surface area contributed by atoms with Gasteiger partial charge in [0, 0.05) is 28.3 Å². The van der Waals surface area contributed by atoms with Crippen LogP contribution in [-0.2, 0) is 4.79 Å². The maximum atomic E-state index is 15.0. The van der Waals surface area contributed by atoms with Crippen LogP contribution in [0.15, 0.2) is 84.1 Å². The summed E-state index contributed by atoms with van der Waals surface area (Å²) in [6, 6.07) is 21.5. The van der Waals surface area contributed by atoms with E-state index >= 15 is 4.39 Å². The van der Waals surface area contributed by atoms with Crippen molar-refractivity contribution >= 4 is 34.4 Å². The highest BCUT2D eigenvalue weighted by atomic mass is 35.5. The van der Waals surface area contributed by atoms with E-state index in [-0.39, 0.29) is 17.5 Å². The van der Waals surface area contributed by atoms with Gasteiger partial charge in [0.1, 0.15) is 5.82 Å². The molecule has 1 aromatic heterocycles. The molecule has 0 spiro atoms. The second-order valence-corrected chi connectivity index (χ2v) is 8.76. The molecule has 1 aliphatic heterocycles. The Hall–Kier alpha value is -3.44. The minimum atomic E-state index is -0.567. The Labute approximate surface area is 189 Å². The molecule has 0 radical (unpaired) electrons. The Morgan fingerprint density at radius 2 is 1.81 bits per heavy atom. The number of anilines is 1. The van der Waals surface area contributed by atoms with Crippen molar-refractivity contribution in [2.45, 2.75) is 24.8 Å². The molecule has 6 rings (SSSR count). The number of carbonyl (C=O) groups excluding carboxylic acids is 1. The van der Waals surface area contributed by atoms with E-state index in [2.05, 4.69) is 5.32 Å². The van der Waals surface area contributed by atoms with Crippen molar-refractivity contribution in [2.75, 3.05) is 5.32 Å². The van der Waals surface area contributed by atoms with Crippen molar-refractivity contribution in [3.8, 4) is 0 Å². The van der Waals surface area contributed by atoms with Crippen LogP contribution in [-0.4, -0.2) is 15.3 Å². The lowest BCUT2D eigenvalue weighted by Gasteiger charge is -2.36. The first-order valence-corrected chi connectivity index (χ1v) is 11.0. The van der Waals surface area contributed by atoms with Gasteiger partial charge in [-0.1, -0.05) is 54.1 Å². The predicted molar refractivity (Wildman–Crippen MR) is 123 cm³/mol. The molecule has 0 amide bonds. The monoisotopic (exact) mass is 443 g/mol. The molecule has 0 fully saturated rings. The Bertz CT molecular complexity index is 1420. The van der Waals surface area contributed by atoms with Crippen molar-refractivity contribution in [1.29, 1.82) is 0 Å². The minimum absolute atomic E-state index is 0.00430. The summed E-state index contributed by atoms with van der Waals surface area (Å²) in [6.07, 6.45) is 0.989. The van der Waals surface area contributed by atoms with Crippen LogP contribution < -0.4 is 5.32 Å². The molecule has 3 aromatic carbocycles. The normalized spacial score (nSPS) is 20.1. The van der Waals surface area contributed by atoms with E-state index in [4.69, 9.17) is 16.6 Å². The fourth-order valence-electron chi connectivity index (χ4n) is 5.01. The van der Waals surface area contributed by atoms with Gasteiger partial charge in [-0.05, 0) is 48.2 Å². The van der Waals surface area contributed by atoms with Crippen LogP contribution in [0, 0.1) is 5.82 Å². The van der Waals surface area contributed by atoms with E-state index in [1.165, 1.54) is 6.07 Å². The van der Waals surface area contributed by atoms with Crippen molar-refractivity contribution in [3.05, 3.63) is 106 Å². The highest BCUT2D eigenvalue weighted by Crippen LogP contribution is 2.46. The lowest BCUT2D eigenvalue weighted by atomic mass is 9.77. The summed E-state index contributed by atoms with van der Waals surface area (Å²) in [4.78, 5) is 18.3. The molecule has 158 valence electrons. The van der Waals surface area contributed by atoms with Crippen molar-refractivity contribution in [3.63, 3.8) is 0 Å². The molecule has 2 heterocycles. The summed E-state index contributed by atoms with van der Waals surface area (Å²) < 4.78 is 17.0. The van der Waals surface area contributed by atoms with E-state index in [9.17, 15) is 4.79 Å². The van der Waals surface area contributed by atoms with Gasteiger partial charge in [0.15, 0.2) is 5.78 Å². The smallest absolute Gasteiger partial charge is 0.209 e. The van der Waals surface area contributed by atoms with E-state index in [1.807, 2.05) is 59.2 Å². The number of Topliss-reactive ketones (excluding diaryl/α,β-unsaturated/α-hetero) is 1. The number of nitrogens with one attached hydrogen (secondary N) is 1. The molecule has 32 heavy (non-hydrogen) atoms. The average molecular weight is 444 g/mol. The number of imidazole rings is 1. The van der Waals surface area contributed by atoms with Gasteiger partial charge < -0.3 is 5.32 Å². The van der Waals surface area contributed by atoms with Crippen LogP contribution in [0.25, 0.3) is 11.0 Å². The van der Waals surface area contributed by atoms with Gasteiger partial charge in [0.05, 0.1) is 17.1 Å². The number of aromatic nitrogens is 2. The molecular weight excluding hydrogens is 425 g/mol. The molecule has 6 heteroatoms. The highest BCUT2D eigenvalue weighted by molar-refractivity contribution is 6.30. The molecule has 4 nitrogen and oxygen atoms in total. The van der Waals surface area contributed by atoms with Gasteiger partial charge >= 0.3 is 0 Å². The number of fused-ring (bicyclic) bond motifs is 3. The molecular formula is C26H19ClFN3O. The van der Waals surface area contributed by atoms with E-state index in [1.54, 1.807) is 12.1 Å². The molecule has 0 bridgehead atoms. The number of halogens is 2. The van der Waals surface area contributed by atoms with Crippen molar-refractivity contribution in [2.24, 2.45) is 0 Å². The summed E-state index contributed by atoms with van der Waals surface area (Å²) in [5, 5.41) is 4.06. The molecule has 4 aromatic rings. The zero-order chi connectivity index (χ0) is 21.8. The molecule has 0 saturated heterocycles. The van der Waals surface area contributed by atoms with Gasteiger partial charge in [0.2, 0.25) is 5.95 Å². The van der Waals surface area contributed by atoms with E-state index in [0.29, 0.717) is 34.9 Å². The first-order chi connectivity index (χ1) is 15.6. The van der Waals surface area contributed by atoms with Crippen LogP contribution in [0.5, 0.6) is 0 Å². The largest absolute Gasteiger partial charge is 0.329 e. The highest BCUT2D eigenvalue weighted by Gasteiger charge is 2.40. The van der Waals surface area contributed by atoms with Crippen LogP contribution >= 0.6 is 11.6 Å². The second kappa shape index (κ2) is 7.31. The number of allylic oxidation sites excluding steroid dienone is 2. The summed E-state index contributed by atoms with van der Waals surface area (Å²) in [6.45, 7) is 0. The molecule has 2 aliphatic rings. The van der Waals surface area contributed by atoms with Crippen LogP contribution in [0.1, 0.15) is 35.9 Å². The lowest BCUT2D eigenvalue weighted by Crippen LogP contribution is -2.33. The molecule has 0 saturated carbocycles. The quantitative estimate of drug-likeness (QED) is 0.398. The summed E-state index contributed by atoms with van der Waals surface area (Å²) in [7, 11) is 0. The number of hydrogen-bond donors (Lipinski definition) is 1. The van der Waals surface area contributed by atoms with E-state index < -0.39 is 6.04 Å². The number of ketones is 1. The molecule has 2 atom stereocenters. The third-order valence-electron chi connectivity index (χ3n) is 6.42.